The minimum atomic E-state index is -4.86. The van der Waals surface area contributed by atoms with Gasteiger partial charge in [0.05, 0.1) is 0 Å². The van der Waals surface area contributed by atoms with Gasteiger partial charge in [-0.25, -0.2) is 0 Å². The van der Waals surface area contributed by atoms with E-state index in [4.69, 9.17) is 10.5 Å². The van der Waals surface area contributed by atoms with Crippen LogP contribution in [0, 0.1) is 16.7 Å². The van der Waals surface area contributed by atoms with Gasteiger partial charge in [0.1, 0.15) is 6.04 Å². The van der Waals surface area contributed by atoms with Crippen LogP contribution in [-0.4, -0.2) is 58.9 Å². The van der Waals surface area contributed by atoms with Gasteiger partial charge < -0.3 is 26.3 Å². The van der Waals surface area contributed by atoms with Crippen molar-refractivity contribution in [2.75, 3.05) is 13.1 Å². The number of nitrogens with one attached hydrogen (secondary N) is 1. The lowest BCUT2D eigenvalue weighted by Crippen LogP contribution is -2.43. The highest BCUT2D eigenvalue weighted by Crippen LogP contribution is 2.35. The SMILES string of the molecule is CC1CN(C(=O)CC(C)(C)C)CC1(C)C.Cn1cccc(CC(NC=O)C(N)=O)c1=O.NC(=O)C(F)(F)F. The molecule has 2 heterocycles. The number of rotatable bonds is 6. The summed E-state index contributed by atoms with van der Waals surface area (Å²) in [5.41, 5.74) is 9.51. The number of halogens is 3. The van der Waals surface area contributed by atoms with E-state index in [-0.39, 0.29) is 22.8 Å². The standard InChI is InChI=1S/C13H25NO.C10H13N3O3.C2H2F3NO/c1-10-8-14(9-13(10,5)6)11(15)7-12(2,3)4;1-13-4-2-3-7(10(13)16)5-8(9(11)15)12-6-14;3-2(4,5)1(6)7/h10H,7-9H2,1-6H3;2-4,6,8H,5H2,1H3,(H2,11,15)(H,12,14);(H2,6,7). The molecular formula is C25H40F3N5O5. The van der Waals surface area contributed by atoms with Gasteiger partial charge in [-0.05, 0) is 22.8 Å². The molecule has 0 aromatic carbocycles. The van der Waals surface area contributed by atoms with Crippen molar-refractivity contribution >= 4 is 24.1 Å². The van der Waals surface area contributed by atoms with E-state index in [2.05, 4.69) is 52.6 Å². The number of alkyl halides is 3. The second-order valence-electron chi connectivity index (χ2n) is 11.2. The van der Waals surface area contributed by atoms with Gasteiger partial charge in [-0.3, -0.25) is 24.0 Å². The first-order valence-electron chi connectivity index (χ1n) is 11.9. The van der Waals surface area contributed by atoms with Gasteiger partial charge >= 0.3 is 12.1 Å². The third-order valence-corrected chi connectivity index (χ3v) is 5.98. The number of carbonyl (C=O) groups excluding carboxylic acids is 4. The first-order valence-corrected chi connectivity index (χ1v) is 11.9. The fourth-order valence-corrected chi connectivity index (χ4v) is 3.40. The molecule has 1 fully saturated rings. The predicted molar refractivity (Wildman–Crippen MR) is 136 cm³/mol. The second-order valence-corrected chi connectivity index (χ2v) is 11.2. The van der Waals surface area contributed by atoms with Crippen LogP contribution in [0.15, 0.2) is 23.1 Å². The molecule has 0 spiro atoms. The van der Waals surface area contributed by atoms with E-state index in [1.54, 1.807) is 25.4 Å². The van der Waals surface area contributed by atoms with Crippen LogP contribution in [0.2, 0.25) is 0 Å². The molecule has 0 bridgehead atoms. The number of carbonyl (C=O) groups is 4. The van der Waals surface area contributed by atoms with Crippen LogP contribution in [0.3, 0.4) is 0 Å². The topological polar surface area (TPSA) is 158 Å². The fourth-order valence-electron chi connectivity index (χ4n) is 3.40. The van der Waals surface area contributed by atoms with E-state index < -0.39 is 24.0 Å². The summed E-state index contributed by atoms with van der Waals surface area (Å²) in [4.78, 5) is 56.0. The molecule has 0 aliphatic carbocycles. The van der Waals surface area contributed by atoms with Crippen LogP contribution in [0.25, 0.3) is 0 Å². The van der Waals surface area contributed by atoms with E-state index in [1.807, 2.05) is 4.90 Å². The van der Waals surface area contributed by atoms with Crippen LogP contribution in [0.4, 0.5) is 13.2 Å². The Kier molecular flexibility index (Phi) is 12.7. The van der Waals surface area contributed by atoms with E-state index >= 15 is 0 Å². The first kappa shape index (κ1) is 34.6. The Morgan fingerprint density at radius 3 is 2.11 bits per heavy atom. The number of amides is 4. The fraction of sp³-hybridized carbons (Fsp3) is 0.640. The molecule has 1 aromatic rings. The van der Waals surface area contributed by atoms with E-state index in [0.29, 0.717) is 30.2 Å². The zero-order valence-electron chi connectivity index (χ0n) is 23.0. The van der Waals surface area contributed by atoms with Crippen molar-refractivity contribution in [1.29, 1.82) is 0 Å². The maximum absolute atomic E-state index is 12.0. The number of aryl methyl sites for hydroxylation is 1. The van der Waals surface area contributed by atoms with Crippen molar-refractivity contribution in [1.82, 2.24) is 14.8 Å². The smallest absolute Gasteiger partial charge is 0.368 e. The summed E-state index contributed by atoms with van der Waals surface area (Å²) >= 11 is 0. The quantitative estimate of drug-likeness (QED) is 0.460. The molecule has 13 heteroatoms. The van der Waals surface area contributed by atoms with E-state index in [9.17, 15) is 32.3 Å². The molecular weight excluding hydrogens is 507 g/mol. The molecule has 216 valence electrons. The molecule has 10 nitrogen and oxygen atoms in total. The summed E-state index contributed by atoms with van der Waals surface area (Å²) < 4.78 is 33.5. The monoisotopic (exact) mass is 547 g/mol. The van der Waals surface area contributed by atoms with Crippen LogP contribution < -0.4 is 22.3 Å². The Labute approximate surface area is 220 Å². The third kappa shape index (κ3) is 12.2. The number of hydrogen-bond acceptors (Lipinski definition) is 5. The molecule has 1 saturated heterocycles. The zero-order valence-corrected chi connectivity index (χ0v) is 23.0. The summed E-state index contributed by atoms with van der Waals surface area (Å²) in [6, 6.07) is 2.44. The summed E-state index contributed by atoms with van der Waals surface area (Å²) in [6.45, 7) is 15.0. The highest BCUT2D eigenvalue weighted by Gasteiger charge is 2.39. The lowest BCUT2D eigenvalue weighted by molar-refractivity contribution is -0.169. The molecule has 38 heavy (non-hydrogen) atoms. The van der Waals surface area contributed by atoms with Crippen LogP contribution in [0.1, 0.15) is 53.5 Å². The van der Waals surface area contributed by atoms with Crippen molar-refractivity contribution < 1.29 is 32.3 Å². The molecule has 2 rings (SSSR count). The second kappa shape index (κ2) is 14.0. The maximum atomic E-state index is 12.0. The number of nitrogens with zero attached hydrogens (tertiary/aromatic N) is 2. The molecule has 2 unspecified atom stereocenters. The van der Waals surface area contributed by atoms with E-state index in [0.717, 1.165) is 13.1 Å². The van der Waals surface area contributed by atoms with Gasteiger partial charge in [0.25, 0.3) is 5.56 Å². The summed E-state index contributed by atoms with van der Waals surface area (Å²) in [5.74, 6) is -1.99. The molecule has 1 aliphatic heterocycles. The number of aromatic nitrogens is 1. The van der Waals surface area contributed by atoms with Crippen LogP contribution in [-0.2, 0) is 32.6 Å². The number of primary amides is 2. The van der Waals surface area contributed by atoms with Gasteiger partial charge in [0.2, 0.25) is 18.2 Å². The molecule has 0 saturated carbocycles. The van der Waals surface area contributed by atoms with Crippen molar-refractivity contribution in [2.24, 2.45) is 35.3 Å². The molecule has 1 aliphatic rings. The lowest BCUT2D eigenvalue weighted by Gasteiger charge is -2.24. The van der Waals surface area contributed by atoms with Crippen LogP contribution in [0.5, 0.6) is 0 Å². The molecule has 5 N–H and O–H groups in total. The largest absolute Gasteiger partial charge is 0.470 e. The third-order valence-electron chi connectivity index (χ3n) is 5.98. The Balaban J connectivity index is 0.000000582. The highest BCUT2D eigenvalue weighted by atomic mass is 19.4. The molecule has 1 aromatic heterocycles. The Morgan fingerprint density at radius 1 is 1.21 bits per heavy atom. The van der Waals surface area contributed by atoms with Crippen molar-refractivity contribution in [2.45, 2.75) is 66.6 Å². The summed E-state index contributed by atoms with van der Waals surface area (Å²) in [5, 5.41) is 2.27. The number of nitrogens with two attached hydrogens (primary N) is 2. The first-order chi connectivity index (χ1) is 17.1. The van der Waals surface area contributed by atoms with E-state index in [1.165, 1.54) is 4.57 Å². The number of pyridine rings is 1. The predicted octanol–water partition coefficient (Wildman–Crippen LogP) is 1.49. The normalized spacial score (nSPS) is 17.2. The number of likely N-dealkylation sites (tertiary alicyclic amines) is 1. The molecule has 4 amide bonds. The average Bonchev–Trinajstić information content (AvgIpc) is 3.02. The molecule has 0 radical (unpaired) electrons. The van der Waals surface area contributed by atoms with Crippen molar-refractivity contribution in [3.8, 4) is 0 Å². The minimum Gasteiger partial charge on any atom is -0.368 e. The zero-order chi connectivity index (χ0) is 30.1. The van der Waals surface area contributed by atoms with Crippen molar-refractivity contribution in [3.63, 3.8) is 0 Å². The summed E-state index contributed by atoms with van der Waals surface area (Å²) in [7, 11) is 1.61. The van der Waals surface area contributed by atoms with Gasteiger partial charge in [0, 0.05) is 44.7 Å². The van der Waals surface area contributed by atoms with Gasteiger partial charge in [-0.2, -0.15) is 13.2 Å². The Bertz CT molecular complexity index is 1030. The van der Waals surface area contributed by atoms with Crippen LogP contribution >= 0.6 is 0 Å². The summed E-state index contributed by atoms with van der Waals surface area (Å²) in [6.07, 6.45) is -2.10. The molecule has 2 atom stereocenters. The van der Waals surface area contributed by atoms with Gasteiger partial charge in [-0.15, -0.1) is 0 Å². The van der Waals surface area contributed by atoms with Crippen molar-refractivity contribution in [3.05, 3.63) is 34.2 Å². The maximum Gasteiger partial charge on any atom is 0.470 e. The lowest BCUT2D eigenvalue weighted by atomic mass is 9.84. The Hall–Kier alpha value is -3.38. The van der Waals surface area contributed by atoms with Gasteiger partial charge in [0.15, 0.2) is 0 Å². The van der Waals surface area contributed by atoms with Gasteiger partial charge in [-0.1, -0.05) is 47.6 Å². The average molecular weight is 548 g/mol. The number of hydrogen-bond donors (Lipinski definition) is 3. The Morgan fingerprint density at radius 2 is 1.74 bits per heavy atom. The minimum absolute atomic E-state index is 0.0988. The highest BCUT2D eigenvalue weighted by molar-refractivity contribution is 5.82.